The molecule has 0 aromatic carbocycles. The van der Waals surface area contributed by atoms with E-state index < -0.39 is 16.7 Å². The molecule has 0 saturated carbocycles. The van der Waals surface area contributed by atoms with Gasteiger partial charge >= 0.3 is 0 Å². The fourth-order valence-electron chi connectivity index (χ4n) is 8.12. The highest BCUT2D eigenvalue weighted by Gasteiger charge is 2.26. The minimum Gasteiger partial charge on any atom is -0.759 e. The van der Waals surface area contributed by atoms with Crippen LogP contribution in [0.5, 0.6) is 0 Å². The molecule has 1 aliphatic rings. The zero-order valence-electron chi connectivity index (χ0n) is 40.0. The summed E-state index contributed by atoms with van der Waals surface area (Å²) in [5.41, 5.74) is 0. The summed E-state index contributed by atoms with van der Waals surface area (Å²) in [7, 11) is -5.17. The van der Waals surface area contributed by atoms with E-state index in [2.05, 4.69) is 67.2 Å². The van der Waals surface area contributed by atoms with Gasteiger partial charge in [-0.1, -0.05) is 114 Å². The van der Waals surface area contributed by atoms with Crippen LogP contribution in [0.25, 0.3) is 0 Å². The third kappa shape index (κ3) is 43.6. The van der Waals surface area contributed by atoms with Gasteiger partial charge in [0.1, 0.15) is 0 Å². The first-order valence-electron chi connectivity index (χ1n) is 24.7. The van der Waals surface area contributed by atoms with Gasteiger partial charge in [0, 0.05) is 23.5 Å². The van der Waals surface area contributed by atoms with E-state index in [1.54, 1.807) is 0 Å². The largest absolute Gasteiger partial charge is 0.759 e. The Morgan fingerprint density at radius 1 is 0.474 bits per heavy atom. The highest BCUT2D eigenvalue weighted by atomic mass is 32.3. The van der Waals surface area contributed by atoms with Crippen molar-refractivity contribution in [3.8, 4) is 0 Å². The van der Waals surface area contributed by atoms with Crippen LogP contribution in [0.4, 0.5) is 0 Å². The predicted octanol–water partition coefficient (Wildman–Crippen LogP) is 11.8. The molecule has 1 heterocycles. The van der Waals surface area contributed by atoms with Crippen molar-refractivity contribution in [3.63, 3.8) is 0 Å². The Labute approximate surface area is 358 Å². The number of β-amino-alcohol motifs (C(OH)–C–C–N with tert-alkyl or cyclic N) is 1. The molecule has 0 bridgehead atoms. The molecule has 10 heteroatoms. The molecule has 1 atom stereocenters. The Morgan fingerprint density at radius 2 is 0.702 bits per heavy atom. The molecule has 9 nitrogen and oxygen atoms in total. The van der Waals surface area contributed by atoms with Crippen LogP contribution in [0.15, 0.2) is 0 Å². The van der Waals surface area contributed by atoms with Gasteiger partial charge in [0.15, 0.2) is 6.29 Å². The zero-order valence-corrected chi connectivity index (χ0v) is 40.8. The maximum absolute atomic E-state index is 9.04. The van der Waals surface area contributed by atoms with Crippen LogP contribution in [0.2, 0.25) is 0 Å². The third-order valence-electron chi connectivity index (χ3n) is 11.6. The number of unbranched alkanes of at least 4 members (excludes halogenated alkanes) is 16. The molecule has 1 N–H and O–H groups in total. The quantitative estimate of drug-likeness (QED) is 0.0297. The van der Waals surface area contributed by atoms with Gasteiger partial charge in [-0.25, -0.2) is 0 Å². The van der Waals surface area contributed by atoms with Gasteiger partial charge < -0.3 is 27.9 Å². The average molecular weight is 838 g/mol. The first-order chi connectivity index (χ1) is 27.3. The van der Waals surface area contributed by atoms with Crippen molar-refractivity contribution >= 4 is 10.4 Å². The number of rotatable bonds is 34. The molecule has 0 aliphatic carbocycles. The van der Waals surface area contributed by atoms with Gasteiger partial charge in [-0.2, -0.15) is 0 Å². The fraction of sp³-hybridized carbons (Fsp3) is 1.00. The van der Waals surface area contributed by atoms with Gasteiger partial charge in [-0.05, 0) is 116 Å². The normalized spacial score (nSPS) is 14.9. The second-order valence-corrected chi connectivity index (χ2v) is 18.0. The molecule has 0 radical (unpaired) electrons. The number of aliphatic hydroxyl groups is 1. The fourth-order valence-corrected chi connectivity index (χ4v) is 8.12. The lowest BCUT2D eigenvalue weighted by atomic mass is 10.1. The van der Waals surface area contributed by atoms with Gasteiger partial charge in [-0.15, -0.1) is 0 Å². The van der Waals surface area contributed by atoms with E-state index in [1.807, 2.05) is 0 Å². The third-order valence-corrected chi connectivity index (χ3v) is 11.6. The zero-order chi connectivity index (χ0) is 43.5. The lowest BCUT2D eigenvalue weighted by molar-refractivity contribution is -0.929. The predicted molar refractivity (Wildman–Crippen MR) is 245 cm³/mol. The maximum Gasteiger partial charge on any atom is 0.167 e. The van der Waals surface area contributed by atoms with Crippen molar-refractivity contribution in [1.29, 1.82) is 0 Å². The monoisotopic (exact) mass is 838 g/mol. The standard InChI is InChI=1S/2C20H44N.C7H15NO2.H2O4S/c2*1-5-9-13-17-21(18-14-10-6-2,19-15-11-7-3)20-16-12-8-4;1-2-3-8-4-5-10-7(9)6-8;1-5(2,3)4/h2*5-20H2,1-4H3;7,9H,2-6H2,1H3;(H2,1,2,3,4)/q2*+1;;/p-2. The van der Waals surface area contributed by atoms with E-state index in [-0.39, 0.29) is 0 Å². The Bertz CT molecular complexity index is 749. The van der Waals surface area contributed by atoms with E-state index in [4.69, 9.17) is 27.4 Å². The first kappa shape index (κ1) is 61.0. The number of nitrogens with zero attached hydrogens (tertiary/aromatic N) is 3. The van der Waals surface area contributed by atoms with Crippen molar-refractivity contribution < 1.29 is 36.3 Å². The van der Waals surface area contributed by atoms with Gasteiger partial charge in [-0.3, -0.25) is 13.3 Å². The van der Waals surface area contributed by atoms with Crippen molar-refractivity contribution in [2.45, 2.75) is 229 Å². The summed E-state index contributed by atoms with van der Waals surface area (Å²) < 4.78 is 41.9. The number of hydrogen-bond donors (Lipinski definition) is 1. The molecule has 1 unspecified atom stereocenters. The Kier molecular flexibility index (Phi) is 46.8. The van der Waals surface area contributed by atoms with Crippen LogP contribution in [-0.2, 0) is 15.1 Å². The average Bonchev–Trinajstić information content (AvgIpc) is 3.16. The Morgan fingerprint density at radius 3 is 0.877 bits per heavy atom. The molecular weight excluding hydrogens is 735 g/mol. The number of ether oxygens (including phenoxy) is 1. The summed E-state index contributed by atoms with van der Waals surface area (Å²) in [5.74, 6) is 0. The SMILES string of the molecule is CCCCC[N+](CCCCC)(CCCCC)CCCCC.CCCCC[N+](CCCCC)(CCCCC)CCCCC.CCCN1CCOC(O)C1.O=S(=O)([O-])[O-]. The number of quaternary nitrogens is 2. The van der Waals surface area contributed by atoms with Gasteiger partial charge in [0.2, 0.25) is 0 Å². The Balaban J connectivity index is -0.000000756. The molecule has 0 aromatic heterocycles. The van der Waals surface area contributed by atoms with Crippen LogP contribution < -0.4 is 0 Å². The molecule has 57 heavy (non-hydrogen) atoms. The van der Waals surface area contributed by atoms with Crippen molar-refractivity contribution in [3.05, 3.63) is 0 Å². The van der Waals surface area contributed by atoms with E-state index in [1.165, 1.54) is 215 Å². The van der Waals surface area contributed by atoms with E-state index in [9.17, 15) is 0 Å². The van der Waals surface area contributed by atoms with Crippen LogP contribution in [0.3, 0.4) is 0 Å². The van der Waals surface area contributed by atoms with E-state index >= 15 is 0 Å². The van der Waals surface area contributed by atoms with Crippen LogP contribution in [0.1, 0.15) is 223 Å². The van der Waals surface area contributed by atoms with Gasteiger partial charge in [0.25, 0.3) is 0 Å². The molecule has 1 rings (SSSR count). The number of hydrogen-bond acceptors (Lipinski definition) is 7. The highest BCUT2D eigenvalue weighted by molar-refractivity contribution is 7.79. The first-order valence-corrected chi connectivity index (χ1v) is 26.0. The highest BCUT2D eigenvalue weighted by Crippen LogP contribution is 2.20. The number of aliphatic hydroxyl groups excluding tert-OH is 1. The molecule has 0 aromatic rings. The molecule has 1 aliphatic heterocycles. The van der Waals surface area contributed by atoms with Crippen molar-refractivity contribution in [1.82, 2.24) is 4.90 Å². The topological polar surface area (TPSA) is 113 Å². The number of morpholine rings is 1. The van der Waals surface area contributed by atoms with Crippen molar-refractivity contribution in [2.75, 3.05) is 78.6 Å². The summed E-state index contributed by atoms with van der Waals surface area (Å²) in [4.78, 5) is 2.22. The minimum atomic E-state index is -5.17. The van der Waals surface area contributed by atoms with Crippen LogP contribution in [-0.4, -0.2) is 121 Å². The lowest BCUT2D eigenvalue weighted by Gasteiger charge is -2.39. The smallest absolute Gasteiger partial charge is 0.167 e. The van der Waals surface area contributed by atoms with Crippen LogP contribution in [0, 0.1) is 0 Å². The second kappa shape index (κ2) is 43.7. The molecule has 1 fully saturated rings. The summed E-state index contributed by atoms with van der Waals surface area (Å²) in [6, 6.07) is 0. The summed E-state index contributed by atoms with van der Waals surface area (Å²) in [6.07, 6.45) is 34.4. The summed E-state index contributed by atoms with van der Waals surface area (Å²) >= 11 is 0. The lowest BCUT2D eigenvalue weighted by Crippen LogP contribution is -2.50. The summed E-state index contributed by atoms with van der Waals surface area (Å²) in [5, 5.41) is 9.04. The Hall–Kier alpha value is -0.330. The van der Waals surface area contributed by atoms with Gasteiger partial charge in [0.05, 0.1) is 59.0 Å². The molecular formula is C47H103N3O6S. The minimum absolute atomic E-state index is 0.555. The van der Waals surface area contributed by atoms with E-state index in [0.717, 1.165) is 19.5 Å². The van der Waals surface area contributed by atoms with Crippen molar-refractivity contribution in [2.24, 2.45) is 0 Å². The summed E-state index contributed by atoms with van der Waals surface area (Å²) in [6.45, 7) is 35.8. The molecule has 348 valence electrons. The second-order valence-electron chi connectivity index (χ2n) is 17.2. The maximum atomic E-state index is 9.04. The van der Waals surface area contributed by atoms with E-state index in [0.29, 0.717) is 13.2 Å². The molecule has 1 saturated heterocycles. The molecule has 0 spiro atoms. The van der Waals surface area contributed by atoms with Crippen LogP contribution >= 0.6 is 0 Å². The molecule has 0 amide bonds.